The van der Waals surface area contributed by atoms with Crippen molar-refractivity contribution < 1.29 is 4.74 Å². The van der Waals surface area contributed by atoms with Gasteiger partial charge in [0.15, 0.2) is 4.77 Å². The number of nitrogens with one attached hydrogen (secondary N) is 1. The Morgan fingerprint density at radius 1 is 1.60 bits per heavy atom. The molecule has 1 aromatic heterocycles. The van der Waals surface area contributed by atoms with E-state index in [1.54, 1.807) is 0 Å². The minimum absolute atomic E-state index is 0.815. The Balaban J connectivity index is 1.66. The summed E-state index contributed by atoms with van der Waals surface area (Å²) in [6.07, 6.45) is 5.72. The fraction of sp³-hybridized carbons (Fsp3) is 0.727. The van der Waals surface area contributed by atoms with Gasteiger partial charge in [-0.15, -0.1) is 0 Å². The summed E-state index contributed by atoms with van der Waals surface area (Å²) in [5.41, 5.74) is 1.20. The molecule has 15 heavy (non-hydrogen) atoms. The standard InChI is InChI=1S/C11H18N2OS/c1-9-7-12-11(15)13(9)5-2-6-14-8-10-3-4-10/h7,10H,2-6,8H2,1H3,(H,12,15). The van der Waals surface area contributed by atoms with Gasteiger partial charge in [-0.05, 0) is 44.3 Å². The largest absolute Gasteiger partial charge is 0.381 e. The van der Waals surface area contributed by atoms with Gasteiger partial charge in [0.05, 0.1) is 0 Å². The van der Waals surface area contributed by atoms with Crippen molar-refractivity contribution in [2.75, 3.05) is 13.2 Å². The van der Waals surface area contributed by atoms with Gasteiger partial charge in [0, 0.05) is 31.6 Å². The Morgan fingerprint density at radius 2 is 2.40 bits per heavy atom. The van der Waals surface area contributed by atoms with Gasteiger partial charge in [-0.25, -0.2) is 0 Å². The molecular weight excluding hydrogens is 208 g/mol. The van der Waals surface area contributed by atoms with Crippen LogP contribution in [-0.2, 0) is 11.3 Å². The molecule has 1 aliphatic rings. The average Bonchev–Trinajstić information content (AvgIpc) is 2.98. The summed E-state index contributed by atoms with van der Waals surface area (Å²) in [6, 6.07) is 0. The van der Waals surface area contributed by atoms with Crippen LogP contribution in [0.3, 0.4) is 0 Å². The van der Waals surface area contributed by atoms with E-state index < -0.39 is 0 Å². The number of H-pyrrole nitrogens is 1. The van der Waals surface area contributed by atoms with Crippen molar-refractivity contribution in [2.45, 2.75) is 32.7 Å². The third-order valence-corrected chi connectivity index (χ3v) is 3.13. The highest BCUT2D eigenvalue weighted by atomic mass is 32.1. The predicted octanol–water partition coefficient (Wildman–Crippen LogP) is 2.67. The topological polar surface area (TPSA) is 29.9 Å². The lowest BCUT2D eigenvalue weighted by molar-refractivity contribution is 0.119. The first-order valence-corrected chi connectivity index (χ1v) is 6.01. The van der Waals surface area contributed by atoms with Crippen LogP contribution in [0.1, 0.15) is 25.0 Å². The van der Waals surface area contributed by atoms with E-state index in [0.29, 0.717) is 0 Å². The maximum Gasteiger partial charge on any atom is 0.177 e. The molecule has 4 heteroatoms. The van der Waals surface area contributed by atoms with Crippen LogP contribution in [0.5, 0.6) is 0 Å². The van der Waals surface area contributed by atoms with E-state index in [1.165, 1.54) is 18.5 Å². The first kappa shape index (κ1) is 10.9. The lowest BCUT2D eigenvalue weighted by atomic mass is 10.4. The van der Waals surface area contributed by atoms with Crippen LogP contribution >= 0.6 is 12.2 Å². The molecule has 1 fully saturated rings. The second-order valence-electron chi connectivity index (χ2n) is 4.26. The van der Waals surface area contributed by atoms with Crippen LogP contribution in [-0.4, -0.2) is 22.8 Å². The van der Waals surface area contributed by atoms with E-state index >= 15 is 0 Å². The monoisotopic (exact) mass is 226 g/mol. The number of nitrogens with zero attached hydrogens (tertiary/aromatic N) is 1. The maximum absolute atomic E-state index is 5.58. The molecule has 0 atom stereocenters. The number of aromatic nitrogens is 2. The molecule has 2 rings (SSSR count). The number of aromatic amines is 1. The van der Waals surface area contributed by atoms with E-state index in [1.807, 2.05) is 6.20 Å². The van der Waals surface area contributed by atoms with Crippen LogP contribution in [0.15, 0.2) is 6.20 Å². The quantitative estimate of drug-likeness (QED) is 0.597. The zero-order chi connectivity index (χ0) is 10.7. The number of rotatable bonds is 6. The molecule has 0 aliphatic heterocycles. The van der Waals surface area contributed by atoms with Gasteiger partial charge < -0.3 is 14.3 Å². The molecule has 0 amide bonds. The van der Waals surface area contributed by atoms with Crippen molar-refractivity contribution in [3.05, 3.63) is 16.7 Å². The third kappa shape index (κ3) is 3.18. The Hall–Kier alpha value is -0.610. The van der Waals surface area contributed by atoms with E-state index in [2.05, 4.69) is 16.5 Å². The van der Waals surface area contributed by atoms with Crippen LogP contribution in [0, 0.1) is 17.6 Å². The van der Waals surface area contributed by atoms with Gasteiger partial charge in [-0.1, -0.05) is 0 Å². The molecule has 0 unspecified atom stereocenters. The minimum Gasteiger partial charge on any atom is -0.381 e. The first-order chi connectivity index (χ1) is 7.27. The minimum atomic E-state index is 0.815. The van der Waals surface area contributed by atoms with Crippen molar-refractivity contribution in [1.29, 1.82) is 0 Å². The zero-order valence-corrected chi connectivity index (χ0v) is 9.98. The van der Waals surface area contributed by atoms with Crippen LogP contribution < -0.4 is 0 Å². The molecule has 0 bridgehead atoms. The van der Waals surface area contributed by atoms with Gasteiger partial charge in [0.1, 0.15) is 0 Å². The van der Waals surface area contributed by atoms with Gasteiger partial charge in [-0.3, -0.25) is 0 Å². The highest BCUT2D eigenvalue weighted by Crippen LogP contribution is 2.28. The lowest BCUT2D eigenvalue weighted by Crippen LogP contribution is -2.05. The van der Waals surface area contributed by atoms with Crippen LogP contribution in [0.25, 0.3) is 0 Å². The van der Waals surface area contributed by atoms with E-state index in [0.717, 1.165) is 36.9 Å². The van der Waals surface area contributed by atoms with Gasteiger partial charge in [0.2, 0.25) is 0 Å². The molecule has 1 aliphatic carbocycles. The number of ether oxygens (including phenoxy) is 1. The van der Waals surface area contributed by atoms with Gasteiger partial charge in [0.25, 0.3) is 0 Å². The zero-order valence-electron chi connectivity index (χ0n) is 9.16. The Labute approximate surface area is 95.5 Å². The Bertz CT molecular complexity index is 365. The van der Waals surface area contributed by atoms with Gasteiger partial charge in [-0.2, -0.15) is 0 Å². The van der Waals surface area contributed by atoms with Crippen molar-refractivity contribution >= 4 is 12.2 Å². The lowest BCUT2D eigenvalue weighted by Gasteiger charge is -2.05. The molecule has 0 saturated heterocycles. The third-order valence-electron chi connectivity index (χ3n) is 2.80. The molecule has 0 spiro atoms. The highest BCUT2D eigenvalue weighted by Gasteiger charge is 2.20. The van der Waals surface area contributed by atoms with Crippen LogP contribution in [0.2, 0.25) is 0 Å². The SMILES string of the molecule is Cc1c[nH]c(=S)n1CCCOCC1CC1. The molecule has 1 N–H and O–H groups in total. The summed E-state index contributed by atoms with van der Waals surface area (Å²) < 4.78 is 8.51. The second-order valence-corrected chi connectivity index (χ2v) is 4.65. The average molecular weight is 226 g/mol. The summed E-state index contributed by atoms with van der Waals surface area (Å²) in [5.74, 6) is 0.862. The normalized spacial score (nSPS) is 15.8. The number of imidazole rings is 1. The first-order valence-electron chi connectivity index (χ1n) is 5.60. The summed E-state index contributed by atoms with van der Waals surface area (Å²) in [7, 11) is 0. The van der Waals surface area contributed by atoms with Crippen molar-refractivity contribution in [3.8, 4) is 0 Å². The molecule has 0 radical (unpaired) electrons. The van der Waals surface area contributed by atoms with E-state index in [4.69, 9.17) is 17.0 Å². The van der Waals surface area contributed by atoms with Crippen LogP contribution in [0.4, 0.5) is 0 Å². The summed E-state index contributed by atoms with van der Waals surface area (Å²) >= 11 is 5.17. The molecule has 1 saturated carbocycles. The fourth-order valence-electron chi connectivity index (χ4n) is 1.62. The Kier molecular flexibility index (Phi) is 3.59. The fourth-order valence-corrected chi connectivity index (χ4v) is 1.91. The molecule has 0 aromatic carbocycles. The molecule has 1 aromatic rings. The second kappa shape index (κ2) is 4.94. The smallest absolute Gasteiger partial charge is 0.177 e. The van der Waals surface area contributed by atoms with E-state index in [-0.39, 0.29) is 0 Å². The molecular formula is C11H18N2OS. The van der Waals surface area contributed by atoms with Crippen molar-refractivity contribution in [2.24, 2.45) is 5.92 Å². The number of aryl methyl sites for hydroxylation is 1. The number of hydrogen-bond donors (Lipinski definition) is 1. The Morgan fingerprint density at radius 3 is 3.00 bits per heavy atom. The summed E-state index contributed by atoms with van der Waals surface area (Å²) in [6.45, 7) is 4.83. The summed E-state index contributed by atoms with van der Waals surface area (Å²) in [5, 5.41) is 0. The molecule has 3 nitrogen and oxygen atoms in total. The maximum atomic E-state index is 5.58. The van der Waals surface area contributed by atoms with Crippen molar-refractivity contribution in [3.63, 3.8) is 0 Å². The highest BCUT2D eigenvalue weighted by molar-refractivity contribution is 7.71. The van der Waals surface area contributed by atoms with Crippen molar-refractivity contribution in [1.82, 2.24) is 9.55 Å². The molecule has 84 valence electrons. The number of hydrogen-bond acceptors (Lipinski definition) is 2. The van der Waals surface area contributed by atoms with Gasteiger partial charge >= 0.3 is 0 Å². The van der Waals surface area contributed by atoms with E-state index in [9.17, 15) is 0 Å². The molecule has 1 heterocycles. The predicted molar refractivity (Wildman–Crippen MR) is 62.5 cm³/mol. The summed E-state index contributed by atoms with van der Waals surface area (Å²) in [4.78, 5) is 3.04.